The van der Waals surface area contributed by atoms with E-state index in [1.54, 1.807) is 0 Å². The number of hydrogen-bond donors (Lipinski definition) is 1. The molecule has 3 nitrogen and oxygen atoms in total. The maximum atomic E-state index is 12.3. The Labute approximate surface area is 81.1 Å². The molecule has 1 rings (SSSR count). The number of alkyl halides is 2. The lowest BCUT2D eigenvalue weighted by atomic mass is 10.2. The van der Waals surface area contributed by atoms with E-state index in [2.05, 4.69) is 20.9 Å². The number of nitrogens with zero attached hydrogens (tertiary/aromatic N) is 1. The fraction of sp³-hybridized carbons (Fsp3) is 0.143. The zero-order valence-electron chi connectivity index (χ0n) is 6.30. The van der Waals surface area contributed by atoms with Crippen LogP contribution in [0.5, 0.6) is 0 Å². The molecule has 1 aromatic rings. The lowest BCUT2D eigenvalue weighted by Gasteiger charge is -2.06. The molecule has 0 unspecified atom stereocenters. The summed E-state index contributed by atoms with van der Waals surface area (Å²) < 4.78 is 24.7. The van der Waals surface area contributed by atoms with Crippen molar-refractivity contribution in [2.24, 2.45) is 0 Å². The van der Waals surface area contributed by atoms with Crippen LogP contribution in [0.2, 0.25) is 0 Å². The third-order valence-corrected chi connectivity index (χ3v) is 1.84. The van der Waals surface area contributed by atoms with Crippen molar-refractivity contribution in [3.8, 4) is 0 Å². The SMILES string of the molecule is Nc1c(C(F)F)cc(Br)nc1C=O. The van der Waals surface area contributed by atoms with Crippen molar-refractivity contribution in [2.75, 3.05) is 5.73 Å². The molecular weight excluding hydrogens is 246 g/mol. The van der Waals surface area contributed by atoms with Gasteiger partial charge in [-0.15, -0.1) is 0 Å². The van der Waals surface area contributed by atoms with Gasteiger partial charge < -0.3 is 5.73 Å². The van der Waals surface area contributed by atoms with Crippen LogP contribution in [-0.2, 0) is 0 Å². The molecule has 0 fully saturated rings. The molecule has 0 bridgehead atoms. The van der Waals surface area contributed by atoms with Crippen LogP contribution in [-0.4, -0.2) is 11.3 Å². The molecule has 0 aliphatic rings. The molecule has 0 aliphatic heterocycles. The maximum absolute atomic E-state index is 12.3. The number of aromatic nitrogens is 1. The molecule has 0 aliphatic carbocycles. The summed E-state index contributed by atoms with van der Waals surface area (Å²) in [6.07, 6.45) is -2.37. The summed E-state index contributed by atoms with van der Waals surface area (Å²) in [4.78, 5) is 14.0. The van der Waals surface area contributed by atoms with E-state index in [9.17, 15) is 13.6 Å². The Morgan fingerprint density at radius 2 is 2.23 bits per heavy atom. The molecule has 0 saturated carbocycles. The lowest BCUT2D eigenvalue weighted by Crippen LogP contribution is -2.02. The minimum atomic E-state index is -2.71. The molecule has 6 heteroatoms. The highest BCUT2D eigenvalue weighted by Crippen LogP contribution is 2.28. The van der Waals surface area contributed by atoms with E-state index in [4.69, 9.17) is 5.73 Å². The number of rotatable bonds is 2. The second-order valence-electron chi connectivity index (χ2n) is 2.25. The second-order valence-corrected chi connectivity index (χ2v) is 3.06. The molecular formula is C7H5BrF2N2O. The number of nitrogens with two attached hydrogens (primary N) is 1. The molecule has 1 heterocycles. The normalized spacial score (nSPS) is 10.5. The van der Waals surface area contributed by atoms with Crippen LogP contribution in [0.4, 0.5) is 14.5 Å². The van der Waals surface area contributed by atoms with Gasteiger partial charge in [0.1, 0.15) is 10.3 Å². The maximum Gasteiger partial charge on any atom is 0.266 e. The Bertz CT molecular complexity index is 344. The third kappa shape index (κ3) is 2.00. The van der Waals surface area contributed by atoms with Crippen molar-refractivity contribution in [1.29, 1.82) is 0 Å². The quantitative estimate of drug-likeness (QED) is 0.647. The zero-order chi connectivity index (χ0) is 10.0. The molecule has 0 amide bonds. The Kier molecular flexibility index (Phi) is 2.92. The molecule has 70 valence electrons. The molecule has 0 spiro atoms. The molecule has 0 radical (unpaired) electrons. The van der Waals surface area contributed by atoms with E-state index in [1.807, 2.05) is 0 Å². The Morgan fingerprint density at radius 3 is 2.69 bits per heavy atom. The Hall–Kier alpha value is -1.04. The molecule has 0 aromatic carbocycles. The van der Waals surface area contributed by atoms with Crippen LogP contribution in [0.1, 0.15) is 22.5 Å². The van der Waals surface area contributed by atoms with Crippen molar-refractivity contribution < 1.29 is 13.6 Å². The smallest absolute Gasteiger partial charge is 0.266 e. The van der Waals surface area contributed by atoms with Crippen LogP contribution in [0.15, 0.2) is 10.7 Å². The van der Waals surface area contributed by atoms with Crippen molar-refractivity contribution in [3.63, 3.8) is 0 Å². The number of aldehydes is 1. The van der Waals surface area contributed by atoms with Crippen molar-refractivity contribution in [2.45, 2.75) is 6.43 Å². The average molecular weight is 251 g/mol. The third-order valence-electron chi connectivity index (χ3n) is 1.44. The zero-order valence-corrected chi connectivity index (χ0v) is 7.88. The van der Waals surface area contributed by atoms with E-state index in [0.29, 0.717) is 6.29 Å². The first kappa shape index (κ1) is 10.0. The minimum Gasteiger partial charge on any atom is -0.396 e. The van der Waals surface area contributed by atoms with Crippen LogP contribution in [0.3, 0.4) is 0 Å². The lowest BCUT2D eigenvalue weighted by molar-refractivity contribution is 0.111. The van der Waals surface area contributed by atoms with Gasteiger partial charge in [-0.2, -0.15) is 0 Å². The number of anilines is 1. The first-order valence-corrected chi connectivity index (χ1v) is 4.04. The van der Waals surface area contributed by atoms with Gasteiger partial charge in [-0.1, -0.05) is 0 Å². The number of hydrogen-bond acceptors (Lipinski definition) is 3. The van der Waals surface area contributed by atoms with Crippen molar-refractivity contribution in [3.05, 3.63) is 21.9 Å². The number of carbonyl (C=O) groups is 1. The van der Waals surface area contributed by atoms with Gasteiger partial charge in [0, 0.05) is 5.56 Å². The molecule has 2 N–H and O–H groups in total. The summed E-state index contributed by atoms with van der Waals surface area (Å²) in [7, 11) is 0. The number of halogens is 3. The van der Waals surface area contributed by atoms with Crippen LogP contribution in [0, 0.1) is 0 Å². The predicted molar refractivity (Wildman–Crippen MR) is 46.7 cm³/mol. The van der Waals surface area contributed by atoms with Gasteiger partial charge >= 0.3 is 0 Å². The monoisotopic (exact) mass is 250 g/mol. The minimum absolute atomic E-state index is 0.166. The van der Waals surface area contributed by atoms with Crippen molar-refractivity contribution in [1.82, 2.24) is 4.98 Å². The number of pyridine rings is 1. The summed E-state index contributed by atoms with van der Waals surface area (Å²) in [5, 5.41) is 0. The van der Waals surface area contributed by atoms with Crippen LogP contribution < -0.4 is 5.73 Å². The van der Waals surface area contributed by atoms with Gasteiger partial charge in [0.15, 0.2) is 6.29 Å². The van der Waals surface area contributed by atoms with Gasteiger partial charge in [-0.05, 0) is 22.0 Å². The summed E-state index contributed by atoms with van der Waals surface area (Å²) >= 11 is 2.90. The fourth-order valence-corrected chi connectivity index (χ4v) is 1.27. The van der Waals surface area contributed by atoms with Crippen molar-refractivity contribution >= 4 is 27.9 Å². The summed E-state index contributed by atoms with van der Waals surface area (Å²) in [6.45, 7) is 0. The highest BCUT2D eigenvalue weighted by Gasteiger charge is 2.15. The highest BCUT2D eigenvalue weighted by atomic mass is 79.9. The number of carbonyl (C=O) groups excluding carboxylic acids is 1. The topological polar surface area (TPSA) is 56.0 Å². The van der Waals surface area contributed by atoms with Gasteiger partial charge in [0.05, 0.1) is 5.69 Å². The van der Waals surface area contributed by atoms with Crippen LogP contribution >= 0.6 is 15.9 Å². The predicted octanol–water partition coefficient (Wildman–Crippen LogP) is 2.18. The van der Waals surface area contributed by atoms with Gasteiger partial charge in [0.25, 0.3) is 6.43 Å². The molecule has 1 aromatic heterocycles. The van der Waals surface area contributed by atoms with Gasteiger partial charge in [-0.3, -0.25) is 4.79 Å². The Morgan fingerprint density at radius 1 is 1.62 bits per heavy atom. The molecule has 0 atom stereocenters. The Balaban J connectivity index is 3.35. The van der Waals surface area contributed by atoms with E-state index < -0.39 is 6.43 Å². The van der Waals surface area contributed by atoms with Gasteiger partial charge in [-0.25, -0.2) is 13.8 Å². The first-order valence-electron chi connectivity index (χ1n) is 3.25. The molecule has 13 heavy (non-hydrogen) atoms. The fourth-order valence-electron chi connectivity index (χ4n) is 0.832. The van der Waals surface area contributed by atoms with E-state index in [0.717, 1.165) is 6.07 Å². The van der Waals surface area contributed by atoms with E-state index in [1.165, 1.54) is 0 Å². The van der Waals surface area contributed by atoms with Crippen LogP contribution in [0.25, 0.3) is 0 Å². The summed E-state index contributed by atoms with van der Waals surface area (Å²) in [5.41, 5.74) is 4.44. The largest absolute Gasteiger partial charge is 0.396 e. The second kappa shape index (κ2) is 3.78. The highest BCUT2D eigenvalue weighted by molar-refractivity contribution is 9.10. The number of nitrogen functional groups attached to an aromatic ring is 1. The average Bonchev–Trinajstić information content (AvgIpc) is 2.08. The summed E-state index contributed by atoms with van der Waals surface area (Å²) in [6, 6.07) is 1.09. The molecule has 0 saturated heterocycles. The van der Waals surface area contributed by atoms with E-state index >= 15 is 0 Å². The summed E-state index contributed by atoms with van der Waals surface area (Å²) in [5.74, 6) is 0. The standard InChI is InChI=1S/C7H5BrF2N2O/c8-5-1-3(7(9)10)6(11)4(2-13)12-5/h1-2,7H,11H2. The van der Waals surface area contributed by atoms with E-state index in [-0.39, 0.29) is 21.5 Å². The van der Waals surface area contributed by atoms with Gasteiger partial charge in [0.2, 0.25) is 0 Å². The first-order chi connectivity index (χ1) is 6.06.